The lowest BCUT2D eigenvalue weighted by atomic mass is 10.1. The Morgan fingerprint density at radius 2 is 2.00 bits per heavy atom. The largest absolute Gasteiger partial charge is 0.416 e. The van der Waals surface area contributed by atoms with E-state index in [0.717, 1.165) is 12.1 Å². The van der Waals surface area contributed by atoms with Gasteiger partial charge in [0.25, 0.3) is 0 Å². The third-order valence-electron chi connectivity index (χ3n) is 2.73. The Balaban J connectivity index is 2.61. The van der Waals surface area contributed by atoms with E-state index in [4.69, 9.17) is 23.8 Å². The molecule has 108 valence electrons. The molecule has 0 saturated heterocycles. The molecule has 3 nitrogen and oxygen atoms in total. The van der Waals surface area contributed by atoms with Gasteiger partial charge in [-0.1, -0.05) is 25.4 Å². The predicted molar refractivity (Wildman–Crippen MR) is 72.8 cm³/mol. The van der Waals surface area contributed by atoms with E-state index in [9.17, 15) is 13.2 Å². The van der Waals surface area contributed by atoms with Crippen molar-refractivity contribution in [2.75, 3.05) is 0 Å². The molecule has 0 aliphatic rings. The summed E-state index contributed by atoms with van der Waals surface area (Å²) in [5.74, 6) is 0.651. The molecule has 8 heteroatoms. The zero-order chi connectivity index (χ0) is 15.1. The Kier molecular flexibility index (Phi) is 3.93. The van der Waals surface area contributed by atoms with Crippen LogP contribution in [0.1, 0.15) is 31.2 Å². The van der Waals surface area contributed by atoms with Gasteiger partial charge in [0, 0.05) is 5.92 Å². The van der Waals surface area contributed by atoms with Gasteiger partial charge in [0.2, 0.25) is 0 Å². The van der Waals surface area contributed by atoms with E-state index in [1.807, 2.05) is 13.8 Å². The van der Waals surface area contributed by atoms with Crippen molar-refractivity contribution in [3.8, 4) is 5.69 Å². The third-order valence-corrected chi connectivity index (χ3v) is 3.31. The van der Waals surface area contributed by atoms with Gasteiger partial charge in [0.15, 0.2) is 4.77 Å². The molecule has 1 heterocycles. The van der Waals surface area contributed by atoms with Crippen LogP contribution in [-0.4, -0.2) is 14.8 Å². The van der Waals surface area contributed by atoms with E-state index in [1.54, 1.807) is 4.57 Å². The van der Waals surface area contributed by atoms with Crippen LogP contribution in [0.25, 0.3) is 5.69 Å². The first kappa shape index (κ1) is 15.1. The van der Waals surface area contributed by atoms with Crippen LogP contribution in [-0.2, 0) is 6.18 Å². The van der Waals surface area contributed by atoms with Gasteiger partial charge < -0.3 is 0 Å². The SMILES string of the molecule is CC(C)c1n[nH]c(=S)n1-c1ccc(C(F)(F)F)cc1Cl. The number of aromatic amines is 1. The molecule has 0 atom stereocenters. The maximum Gasteiger partial charge on any atom is 0.416 e. The summed E-state index contributed by atoms with van der Waals surface area (Å²) in [6.45, 7) is 3.80. The molecule has 2 aromatic rings. The highest BCUT2D eigenvalue weighted by atomic mass is 35.5. The zero-order valence-corrected chi connectivity index (χ0v) is 12.2. The van der Waals surface area contributed by atoms with Crippen molar-refractivity contribution in [3.63, 3.8) is 0 Å². The van der Waals surface area contributed by atoms with Gasteiger partial charge >= 0.3 is 6.18 Å². The van der Waals surface area contributed by atoms with Gasteiger partial charge in [0.05, 0.1) is 16.3 Å². The molecule has 0 bridgehead atoms. The van der Waals surface area contributed by atoms with Crippen molar-refractivity contribution in [1.82, 2.24) is 14.8 Å². The summed E-state index contributed by atoms with van der Waals surface area (Å²) in [6, 6.07) is 3.15. The molecule has 0 unspecified atom stereocenters. The number of aromatic nitrogens is 3. The lowest BCUT2D eigenvalue weighted by Crippen LogP contribution is -2.07. The minimum Gasteiger partial charge on any atom is -0.270 e. The standard InChI is InChI=1S/C12H11ClF3N3S/c1-6(2)10-17-18-11(20)19(10)9-4-3-7(5-8(9)13)12(14,15)16/h3-6H,1-2H3,(H,18,20). The Morgan fingerprint density at radius 1 is 1.35 bits per heavy atom. The topological polar surface area (TPSA) is 33.6 Å². The monoisotopic (exact) mass is 321 g/mol. The normalized spacial score (nSPS) is 12.2. The first-order chi connectivity index (χ1) is 9.21. The second-order valence-electron chi connectivity index (χ2n) is 4.54. The van der Waals surface area contributed by atoms with Crippen molar-refractivity contribution >= 4 is 23.8 Å². The quantitative estimate of drug-likeness (QED) is 0.812. The van der Waals surface area contributed by atoms with Gasteiger partial charge in [-0.15, -0.1) is 0 Å². The lowest BCUT2D eigenvalue weighted by molar-refractivity contribution is -0.137. The van der Waals surface area contributed by atoms with Crippen LogP contribution in [0, 0.1) is 4.77 Å². The fraction of sp³-hybridized carbons (Fsp3) is 0.333. The molecule has 1 aromatic carbocycles. The Bertz CT molecular complexity index is 688. The van der Waals surface area contributed by atoms with Gasteiger partial charge in [-0.05, 0) is 30.4 Å². The third kappa shape index (κ3) is 2.73. The smallest absolute Gasteiger partial charge is 0.270 e. The molecular formula is C12H11ClF3N3S. The summed E-state index contributed by atoms with van der Waals surface area (Å²) in [5, 5.41) is 6.66. The highest BCUT2D eigenvalue weighted by molar-refractivity contribution is 7.71. The second kappa shape index (κ2) is 5.21. The van der Waals surface area contributed by atoms with Crippen LogP contribution in [0.2, 0.25) is 5.02 Å². The Morgan fingerprint density at radius 3 is 2.50 bits per heavy atom. The molecule has 0 fully saturated rings. The summed E-state index contributed by atoms with van der Waals surface area (Å²) >= 11 is 11.1. The Labute approximate surface area is 123 Å². The zero-order valence-electron chi connectivity index (χ0n) is 10.6. The number of nitrogens with one attached hydrogen (secondary N) is 1. The van der Waals surface area contributed by atoms with Crippen LogP contribution in [0.3, 0.4) is 0 Å². The molecule has 1 aromatic heterocycles. The summed E-state index contributed by atoms with van der Waals surface area (Å²) in [6.07, 6.45) is -4.43. The fourth-order valence-electron chi connectivity index (χ4n) is 1.79. The fourth-order valence-corrected chi connectivity index (χ4v) is 2.30. The van der Waals surface area contributed by atoms with Crippen LogP contribution in [0.15, 0.2) is 18.2 Å². The highest BCUT2D eigenvalue weighted by Gasteiger charge is 2.31. The first-order valence-electron chi connectivity index (χ1n) is 5.76. The average Bonchev–Trinajstić information content (AvgIpc) is 2.70. The number of alkyl halides is 3. The van der Waals surface area contributed by atoms with Gasteiger partial charge in [-0.2, -0.15) is 18.3 Å². The number of benzene rings is 1. The van der Waals surface area contributed by atoms with Crippen molar-refractivity contribution in [2.24, 2.45) is 0 Å². The van der Waals surface area contributed by atoms with Gasteiger partial charge in [-0.3, -0.25) is 9.67 Å². The van der Waals surface area contributed by atoms with Crippen molar-refractivity contribution in [1.29, 1.82) is 0 Å². The van der Waals surface area contributed by atoms with E-state index >= 15 is 0 Å². The molecule has 0 amide bonds. The molecule has 0 aliphatic heterocycles. The highest BCUT2D eigenvalue weighted by Crippen LogP contribution is 2.33. The number of H-pyrrole nitrogens is 1. The van der Waals surface area contributed by atoms with E-state index in [1.165, 1.54) is 6.07 Å². The molecule has 1 N–H and O–H groups in total. The van der Waals surface area contributed by atoms with Crippen LogP contribution in [0.5, 0.6) is 0 Å². The summed E-state index contributed by atoms with van der Waals surface area (Å²) in [4.78, 5) is 0. The Hall–Kier alpha value is -1.34. The maximum absolute atomic E-state index is 12.6. The molecule has 0 radical (unpaired) electrons. The molecule has 0 aliphatic carbocycles. The molecule has 2 rings (SSSR count). The number of rotatable bonds is 2. The molecular weight excluding hydrogens is 311 g/mol. The van der Waals surface area contributed by atoms with Gasteiger partial charge in [-0.25, -0.2) is 0 Å². The number of halogens is 4. The van der Waals surface area contributed by atoms with Crippen LogP contribution < -0.4 is 0 Å². The molecule has 0 spiro atoms. The van der Waals surface area contributed by atoms with E-state index in [-0.39, 0.29) is 15.7 Å². The van der Waals surface area contributed by atoms with E-state index in [0.29, 0.717) is 11.5 Å². The summed E-state index contributed by atoms with van der Waals surface area (Å²) in [5.41, 5.74) is -0.422. The second-order valence-corrected chi connectivity index (χ2v) is 5.33. The van der Waals surface area contributed by atoms with Crippen molar-refractivity contribution in [3.05, 3.63) is 39.4 Å². The van der Waals surface area contributed by atoms with Crippen LogP contribution >= 0.6 is 23.8 Å². The number of nitrogens with zero attached hydrogens (tertiary/aromatic N) is 2. The van der Waals surface area contributed by atoms with Crippen molar-refractivity contribution in [2.45, 2.75) is 25.9 Å². The molecule has 20 heavy (non-hydrogen) atoms. The van der Waals surface area contributed by atoms with E-state index < -0.39 is 11.7 Å². The molecule has 0 saturated carbocycles. The number of hydrogen-bond donors (Lipinski definition) is 1. The van der Waals surface area contributed by atoms with E-state index in [2.05, 4.69) is 10.2 Å². The average molecular weight is 322 g/mol. The first-order valence-corrected chi connectivity index (χ1v) is 6.55. The summed E-state index contributed by atoms with van der Waals surface area (Å²) in [7, 11) is 0. The lowest BCUT2D eigenvalue weighted by Gasteiger charge is -2.13. The van der Waals surface area contributed by atoms with Crippen molar-refractivity contribution < 1.29 is 13.2 Å². The predicted octanol–water partition coefficient (Wildman–Crippen LogP) is 4.73. The summed E-state index contributed by atoms with van der Waals surface area (Å²) < 4.78 is 39.7. The number of hydrogen-bond acceptors (Lipinski definition) is 2. The minimum atomic E-state index is -4.43. The minimum absolute atomic E-state index is 0.0285. The maximum atomic E-state index is 12.6. The van der Waals surface area contributed by atoms with Crippen LogP contribution in [0.4, 0.5) is 13.2 Å². The van der Waals surface area contributed by atoms with Gasteiger partial charge in [0.1, 0.15) is 5.82 Å².